The number of benzene rings is 2. The van der Waals surface area contributed by atoms with Crippen molar-refractivity contribution in [1.29, 1.82) is 0 Å². The van der Waals surface area contributed by atoms with E-state index < -0.39 is 5.82 Å². The first-order chi connectivity index (χ1) is 15.5. The number of piperazine rings is 1. The van der Waals surface area contributed by atoms with E-state index in [4.69, 9.17) is 11.6 Å². The fraction of sp³-hybridized carbons (Fsp3) is 0.261. The number of hydrogen-bond donors (Lipinski definition) is 1. The first kappa shape index (κ1) is 22.2. The Morgan fingerprint density at radius 2 is 1.84 bits per heavy atom. The van der Waals surface area contributed by atoms with Gasteiger partial charge in [-0.05, 0) is 48.9 Å². The number of nitrogens with one attached hydrogen (secondary N) is 1. The molecule has 1 aliphatic rings. The molecule has 0 radical (unpaired) electrons. The quantitative estimate of drug-likeness (QED) is 0.575. The van der Waals surface area contributed by atoms with Gasteiger partial charge in [0.05, 0.1) is 5.69 Å². The fourth-order valence-electron chi connectivity index (χ4n) is 3.53. The average Bonchev–Trinajstić information content (AvgIpc) is 3.25. The van der Waals surface area contributed by atoms with Crippen molar-refractivity contribution in [1.82, 2.24) is 9.88 Å². The van der Waals surface area contributed by atoms with Gasteiger partial charge in [0.25, 0.3) is 5.91 Å². The minimum atomic E-state index is -0.395. The van der Waals surface area contributed by atoms with Crippen LogP contribution in [0.2, 0.25) is 5.02 Å². The van der Waals surface area contributed by atoms with E-state index >= 15 is 0 Å². The number of amides is 2. The molecular formula is C23H22ClFN4O2S. The molecule has 9 heteroatoms. The summed E-state index contributed by atoms with van der Waals surface area (Å²) < 4.78 is 13.0. The summed E-state index contributed by atoms with van der Waals surface area (Å²) in [4.78, 5) is 33.3. The van der Waals surface area contributed by atoms with Crippen LogP contribution in [0.25, 0.3) is 0 Å². The lowest BCUT2D eigenvalue weighted by molar-refractivity contribution is -0.131. The molecule has 2 aromatic carbocycles. The van der Waals surface area contributed by atoms with E-state index in [1.54, 1.807) is 0 Å². The minimum Gasteiger partial charge on any atom is -0.368 e. The van der Waals surface area contributed by atoms with E-state index in [0.717, 1.165) is 24.5 Å². The summed E-state index contributed by atoms with van der Waals surface area (Å²) in [7, 11) is 0. The Balaban J connectivity index is 1.24. The van der Waals surface area contributed by atoms with E-state index in [-0.39, 0.29) is 11.8 Å². The molecule has 1 fully saturated rings. The summed E-state index contributed by atoms with van der Waals surface area (Å²) in [5, 5.41) is 5.71. The van der Waals surface area contributed by atoms with Gasteiger partial charge in [-0.15, -0.1) is 11.3 Å². The standard InChI is InChI=1S/C23H22ClFN4O2S/c24-17-2-1-3-20(14-17)28-10-12-29(13-11-28)21(30)9-8-19-15-32-23(26-19)27-22(31)16-4-6-18(25)7-5-16/h1-7,14-15H,8-13H2,(H,26,27,31). The molecule has 2 amide bonds. The Morgan fingerprint density at radius 1 is 1.09 bits per heavy atom. The predicted molar refractivity (Wildman–Crippen MR) is 125 cm³/mol. The third-order valence-electron chi connectivity index (χ3n) is 5.28. The summed E-state index contributed by atoms with van der Waals surface area (Å²) in [5.74, 6) is -0.645. The van der Waals surface area contributed by atoms with E-state index in [1.807, 2.05) is 34.5 Å². The Labute approximate surface area is 194 Å². The molecule has 0 bridgehead atoms. The lowest BCUT2D eigenvalue weighted by Gasteiger charge is -2.36. The molecule has 0 atom stereocenters. The van der Waals surface area contributed by atoms with Crippen molar-refractivity contribution >= 4 is 45.6 Å². The zero-order valence-electron chi connectivity index (χ0n) is 17.3. The first-order valence-corrected chi connectivity index (χ1v) is 11.5. The van der Waals surface area contributed by atoms with Crippen LogP contribution < -0.4 is 10.2 Å². The highest BCUT2D eigenvalue weighted by atomic mass is 35.5. The lowest BCUT2D eigenvalue weighted by Crippen LogP contribution is -2.48. The van der Waals surface area contributed by atoms with Crippen molar-refractivity contribution in [3.05, 3.63) is 76.0 Å². The molecule has 1 N–H and O–H groups in total. The van der Waals surface area contributed by atoms with Gasteiger partial charge in [0.15, 0.2) is 5.13 Å². The highest BCUT2D eigenvalue weighted by Crippen LogP contribution is 2.22. The summed E-state index contributed by atoms with van der Waals surface area (Å²) in [6.45, 7) is 2.87. The van der Waals surface area contributed by atoms with Crippen LogP contribution in [0.5, 0.6) is 0 Å². The largest absolute Gasteiger partial charge is 0.368 e. The van der Waals surface area contributed by atoms with Gasteiger partial charge >= 0.3 is 0 Å². The van der Waals surface area contributed by atoms with Gasteiger partial charge in [-0.1, -0.05) is 17.7 Å². The number of hydrogen-bond acceptors (Lipinski definition) is 5. The smallest absolute Gasteiger partial charge is 0.257 e. The van der Waals surface area contributed by atoms with Gasteiger partial charge in [0.1, 0.15) is 5.82 Å². The first-order valence-electron chi connectivity index (χ1n) is 10.3. The molecule has 0 spiro atoms. The fourth-order valence-corrected chi connectivity index (χ4v) is 4.45. The molecule has 3 aromatic rings. The second-order valence-electron chi connectivity index (χ2n) is 7.45. The van der Waals surface area contributed by atoms with Crippen molar-refractivity contribution in [2.75, 3.05) is 36.4 Å². The van der Waals surface area contributed by atoms with Crippen LogP contribution in [0.1, 0.15) is 22.5 Å². The van der Waals surface area contributed by atoms with Crippen LogP contribution in [0.3, 0.4) is 0 Å². The minimum absolute atomic E-state index is 0.0978. The van der Waals surface area contributed by atoms with Crippen molar-refractivity contribution in [2.45, 2.75) is 12.8 Å². The van der Waals surface area contributed by atoms with Gasteiger partial charge < -0.3 is 9.80 Å². The molecular weight excluding hydrogens is 451 g/mol. The number of rotatable bonds is 6. The van der Waals surface area contributed by atoms with Crippen molar-refractivity contribution in [3.63, 3.8) is 0 Å². The molecule has 0 saturated carbocycles. The van der Waals surface area contributed by atoms with Crippen molar-refractivity contribution in [2.24, 2.45) is 0 Å². The molecule has 166 valence electrons. The van der Waals surface area contributed by atoms with E-state index in [9.17, 15) is 14.0 Å². The topological polar surface area (TPSA) is 65.5 Å². The normalized spacial score (nSPS) is 13.8. The summed E-state index contributed by atoms with van der Waals surface area (Å²) >= 11 is 7.38. The van der Waals surface area contributed by atoms with Crippen LogP contribution >= 0.6 is 22.9 Å². The molecule has 6 nitrogen and oxygen atoms in total. The highest BCUT2D eigenvalue weighted by Gasteiger charge is 2.21. The lowest BCUT2D eigenvalue weighted by atomic mass is 10.2. The Bertz CT molecular complexity index is 1100. The number of thiazole rings is 1. The molecule has 1 aliphatic heterocycles. The van der Waals surface area contributed by atoms with Crippen LogP contribution in [-0.4, -0.2) is 47.9 Å². The number of nitrogens with zero attached hydrogens (tertiary/aromatic N) is 3. The molecule has 0 unspecified atom stereocenters. The van der Waals surface area contributed by atoms with Gasteiger partial charge in [-0.2, -0.15) is 0 Å². The van der Waals surface area contributed by atoms with Crippen LogP contribution in [-0.2, 0) is 11.2 Å². The zero-order chi connectivity index (χ0) is 22.5. The Hall–Kier alpha value is -2.97. The summed E-state index contributed by atoms with van der Waals surface area (Å²) in [6.07, 6.45) is 0.877. The zero-order valence-corrected chi connectivity index (χ0v) is 18.8. The third-order valence-corrected chi connectivity index (χ3v) is 6.32. The summed E-state index contributed by atoms with van der Waals surface area (Å²) in [5.41, 5.74) is 2.19. The second-order valence-corrected chi connectivity index (χ2v) is 8.75. The molecule has 0 aliphatic carbocycles. The van der Waals surface area contributed by atoms with E-state index in [0.29, 0.717) is 41.6 Å². The number of anilines is 2. The van der Waals surface area contributed by atoms with Crippen LogP contribution in [0, 0.1) is 5.82 Å². The van der Waals surface area contributed by atoms with Crippen LogP contribution in [0.4, 0.5) is 15.2 Å². The average molecular weight is 473 g/mol. The van der Waals surface area contributed by atoms with Crippen LogP contribution in [0.15, 0.2) is 53.9 Å². The number of aryl methyl sites for hydroxylation is 1. The number of aromatic nitrogens is 1. The van der Waals surface area contributed by atoms with Crippen molar-refractivity contribution in [3.8, 4) is 0 Å². The van der Waals surface area contributed by atoms with Gasteiger partial charge in [0.2, 0.25) is 5.91 Å². The Morgan fingerprint density at radius 3 is 2.56 bits per heavy atom. The third kappa shape index (κ3) is 5.63. The highest BCUT2D eigenvalue weighted by molar-refractivity contribution is 7.14. The molecule has 2 heterocycles. The van der Waals surface area contributed by atoms with E-state index in [1.165, 1.54) is 35.6 Å². The maximum Gasteiger partial charge on any atom is 0.257 e. The monoisotopic (exact) mass is 472 g/mol. The number of carbonyl (C=O) groups is 2. The number of carbonyl (C=O) groups excluding carboxylic acids is 2. The van der Waals surface area contributed by atoms with Gasteiger partial charge in [-0.25, -0.2) is 9.37 Å². The number of halogens is 2. The maximum atomic E-state index is 13.0. The molecule has 4 rings (SSSR count). The molecule has 1 saturated heterocycles. The van der Waals surface area contributed by atoms with Gasteiger partial charge in [0, 0.05) is 54.3 Å². The van der Waals surface area contributed by atoms with Gasteiger partial charge in [-0.3, -0.25) is 14.9 Å². The molecule has 1 aromatic heterocycles. The molecule has 32 heavy (non-hydrogen) atoms. The Kier molecular flexibility index (Phi) is 7.02. The maximum absolute atomic E-state index is 13.0. The summed E-state index contributed by atoms with van der Waals surface area (Å²) in [6, 6.07) is 13.1. The predicted octanol–water partition coefficient (Wildman–Crippen LogP) is 4.47. The van der Waals surface area contributed by atoms with Crippen molar-refractivity contribution < 1.29 is 14.0 Å². The van der Waals surface area contributed by atoms with E-state index in [2.05, 4.69) is 15.2 Å². The SMILES string of the molecule is O=C(Nc1nc(CCC(=O)N2CCN(c3cccc(Cl)c3)CC2)cs1)c1ccc(F)cc1. The second kappa shape index (κ2) is 10.1.